The maximum Gasteiger partial charge on any atom is 0.186 e. The monoisotopic (exact) mass is 368 g/mol. The van der Waals surface area contributed by atoms with E-state index in [1.54, 1.807) is 7.11 Å². The van der Waals surface area contributed by atoms with Crippen LogP contribution in [0.1, 0.15) is 20.9 Å². The Hall–Kier alpha value is -2.44. The van der Waals surface area contributed by atoms with Gasteiger partial charge in [-0.2, -0.15) is 0 Å². The lowest BCUT2D eigenvalue weighted by Gasteiger charge is -2.26. The minimum absolute atomic E-state index is 0.650. The predicted octanol–water partition coefficient (Wildman–Crippen LogP) is 3.54. The molecule has 26 heavy (non-hydrogen) atoms. The smallest absolute Gasteiger partial charge is 0.186 e. The molecule has 0 amide bonds. The van der Waals surface area contributed by atoms with E-state index in [1.807, 2.05) is 12.1 Å². The van der Waals surface area contributed by atoms with Crippen LogP contribution >= 0.6 is 11.3 Å². The van der Waals surface area contributed by atoms with Gasteiger partial charge in [0.25, 0.3) is 0 Å². The number of aromatic nitrogens is 1. The lowest BCUT2D eigenvalue weighted by atomic mass is 10.0. The van der Waals surface area contributed by atoms with Gasteiger partial charge in [-0.05, 0) is 28.5 Å². The van der Waals surface area contributed by atoms with Crippen LogP contribution in [0.25, 0.3) is 10.8 Å². The van der Waals surface area contributed by atoms with Gasteiger partial charge in [0.2, 0.25) is 0 Å². The van der Waals surface area contributed by atoms with E-state index in [-0.39, 0.29) is 0 Å². The Morgan fingerprint density at radius 1 is 1.19 bits per heavy atom. The van der Waals surface area contributed by atoms with E-state index >= 15 is 0 Å². The summed E-state index contributed by atoms with van der Waals surface area (Å²) in [5, 5.41) is 3.20. The first kappa shape index (κ1) is 17.0. The fourth-order valence-electron chi connectivity index (χ4n) is 3.16. The molecule has 0 spiro atoms. The highest BCUT2D eigenvalue weighted by Gasteiger charge is 2.18. The molecule has 1 fully saturated rings. The Kier molecular flexibility index (Phi) is 4.86. The third-order valence-corrected chi connectivity index (χ3v) is 5.67. The first-order valence-electron chi connectivity index (χ1n) is 8.61. The average molecular weight is 368 g/mol. The van der Waals surface area contributed by atoms with Gasteiger partial charge in [0.1, 0.15) is 5.75 Å². The standard InChI is InChI=1S/C20H20N2O3S/c1-24-17-5-4-15-10-14(2-3-16(15)12-17)11-18-19(13-23)26-20(21-18)22-6-8-25-9-7-22/h2-5,10,12-13H,6-9,11H2,1H3. The highest BCUT2D eigenvalue weighted by atomic mass is 32.1. The SMILES string of the molecule is COc1ccc2cc(Cc3nc(N4CCOCC4)sc3C=O)ccc2c1. The third kappa shape index (κ3) is 3.43. The molecular weight excluding hydrogens is 348 g/mol. The van der Waals surface area contributed by atoms with Crippen LogP contribution in [0, 0.1) is 0 Å². The van der Waals surface area contributed by atoms with Crippen molar-refractivity contribution in [3.63, 3.8) is 0 Å². The van der Waals surface area contributed by atoms with Gasteiger partial charge in [-0.1, -0.05) is 35.6 Å². The molecule has 4 rings (SSSR count). The molecule has 0 N–H and O–H groups in total. The molecule has 0 saturated carbocycles. The fourth-order valence-corrected chi connectivity index (χ4v) is 4.11. The molecule has 1 saturated heterocycles. The number of ether oxygens (including phenoxy) is 2. The summed E-state index contributed by atoms with van der Waals surface area (Å²) in [4.78, 5) is 19.2. The highest BCUT2D eigenvalue weighted by Crippen LogP contribution is 2.28. The van der Waals surface area contributed by atoms with Gasteiger partial charge in [-0.15, -0.1) is 0 Å². The van der Waals surface area contributed by atoms with Crippen molar-refractivity contribution < 1.29 is 14.3 Å². The number of rotatable bonds is 5. The van der Waals surface area contributed by atoms with Crippen LogP contribution in [0.5, 0.6) is 5.75 Å². The van der Waals surface area contributed by atoms with Crippen molar-refractivity contribution in [3.8, 4) is 5.75 Å². The number of carbonyl (C=O) groups is 1. The Morgan fingerprint density at radius 3 is 2.73 bits per heavy atom. The van der Waals surface area contributed by atoms with Gasteiger partial charge in [0.05, 0.1) is 30.9 Å². The molecule has 0 atom stereocenters. The highest BCUT2D eigenvalue weighted by molar-refractivity contribution is 7.17. The van der Waals surface area contributed by atoms with Crippen molar-refractivity contribution in [2.45, 2.75) is 6.42 Å². The summed E-state index contributed by atoms with van der Waals surface area (Å²) in [6.07, 6.45) is 1.57. The van der Waals surface area contributed by atoms with E-state index in [0.29, 0.717) is 24.5 Å². The van der Waals surface area contributed by atoms with Crippen LogP contribution < -0.4 is 9.64 Å². The normalized spacial score (nSPS) is 14.6. The van der Waals surface area contributed by atoms with Crippen LogP contribution in [-0.2, 0) is 11.2 Å². The van der Waals surface area contributed by atoms with Gasteiger partial charge in [-0.3, -0.25) is 4.79 Å². The maximum atomic E-state index is 11.5. The lowest BCUT2D eigenvalue weighted by Crippen LogP contribution is -2.36. The molecule has 1 aliphatic heterocycles. The summed E-state index contributed by atoms with van der Waals surface area (Å²) >= 11 is 1.47. The second-order valence-corrected chi connectivity index (χ2v) is 7.26. The Labute approximate surface area is 156 Å². The predicted molar refractivity (Wildman–Crippen MR) is 104 cm³/mol. The molecule has 0 aliphatic carbocycles. The second-order valence-electron chi connectivity index (χ2n) is 6.25. The molecule has 5 nitrogen and oxygen atoms in total. The largest absolute Gasteiger partial charge is 0.497 e. The molecule has 0 unspecified atom stereocenters. The topological polar surface area (TPSA) is 51.7 Å². The Morgan fingerprint density at radius 2 is 1.96 bits per heavy atom. The van der Waals surface area contributed by atoms with Gasteiger partial charge in [-0.25, -0.2) is 4.98 Å². The molecule has 134 valence electrons. The molecule has 3 aromatic rings. The molecular formula is C20H20N2O3S. The number of carbonyl (C=O) groups excluding carboxylic acids is 1. The number of methoxy groups -OCH3 is 1. The first-order valence-corrected chi connectivity index (χ1v) is 9.43. The number of thiazole rings is 1. The molecule has 6 heteroatoms. The Bertz CT molecular complexity index is 932. The fraction of sp³-hybridized carbons (Fsp3) is 0.300. The number of nitrogens with zero attached hydrogens (tertiary/aromatic N) is 2. The molecule has 1 aromatic heterocycles. The van der Waals surface area contributed by atoms with Gasteiger partial charge >= 0.3 is 0 Å². The quantitative estimate of drug-likeness (QED) is 0.645. The van der Waals surface area contributed by atoms with Gasteiger partial charge in [0, 0.05) is 19.5 Å². The number of hydrogen-bond donors (Lipinski definition) is 0. The minimum atomic E-state index is 0.650. The van der Waals surface area contributed by atoms with Crippen LogP contribution in [0.3, 0.4) is 0 Å². The van der Waals surface area contributed by atoms with Crippen molar-refractivity contribution in [2.24, 2.45) is 0 Å². The van der Waals surface area contributed by atoms with Gasteiger partial charge in [0.15, 0.2) is 11.4 Å². The molecule has 0 radical (unpaired) electrons. The van der Waals surface area contributed by atoms with Crippen molar-refractivity contribution in [2.75, 3.05) is 38.3 Å². The summed E-state index contributed by atoms with van der Waals surface area (Å²) in [7, 11) is 1.67. The second kappa shape index (κ2) is 7.43. The number of fused-ring (bicyclic) bond motifs is 1. The van der Waals surface area contributed by atoms with Crippen LogP contribution in [0.15, 0.2) is 36.4 Å². The molecule has 1 aliphatic rings. The van der Waals surface area contributed by atoms with Crippen molar-refractivity contribution in [1.82, 2.24) is 4.98 Å². The van der Waals surface area contributed by atoms with E-state index in [9.17, 15) is 4.79 Å². The average Bonchev–Trinajstić information content (AvgIpc) is 3.11. The van der Waals surface area contributed by atoms with Crippen LogP contribution in [0.4, 0.5) is 5.13 Å². The first-order chi connectivity index (χ1) is 12.8. The number of hydrogen-bond acceptors (Lipinski definition) is 6. The van der Waals surface area contributed by atoms with E-state index in [0.717, 1.165) is 52.3 Å². The minimum Gasteiger partial charge on any atom is -0.497 e. The summed E-state index contributed by atoms with van der Waals surface area (Å²) in [6.45, 7) is 3.06. The summed E-state index contributed by atoms with van der Waals surface area (Å²) < 4.78 is 10.7. The zero-order chi connectivity index (χ0) is 17.9. The van der Waals surface area contributed by atoms with E-state index in [4.69, 9.17) is 14.5 Å². The van der Waals surface area contributed by atoms with Crippen LogP contribution in [0.2, 0.25) is 0 Å². The summed E-state index contributed by atoms with van der Waals surface area (Å²) in [5.74, 6) is 0.850. The van der Waals surface area contributed by atoms with Gasteiger partial charge < -0.3 is 14.4 Å². The van der Waals surface area contributed by atoms with Crippen molar-refractivity contribution in [1.29, 1.82) is 0 Å². The Balaban J connectivity index is 1.60. The van der Waals surface area contributed by atoms with Crippen molar-refractivity contribution >= 4 is 33.5 Å². The zero-order valence-corrected chi connectivity index (χ0v) is 15.4. The zero-order valence-electron chi connectivity index (χ0n) is 14.6. The maximum absolute atomic E-state index is 11.5. The molecule has 0 bridgehead atoms. The van der Waals surface area contributed by atoms with Crippen LogP contribution in [-0.4, -0.2) is 44.7 Å². The lowest BCUT2D eigenvalue weighted by molar-refractivity contribution is 0.112. The molecule has 2 aromatic carbocycles. The van der Waals surface area contributed by atoms with E-state index in [1.165, 1.54) is 11.3 Å². The third-order valence-electron chi connectivity index (χ3n) is 4.59. The van der Waals surface area contributed by atoms with E-state index < -0.39 is 0 Å². The number of anilines is 1. The van der Waals surface area contributed by atoms with Crippen molar-refractivity contribution in [3.05, 3.63) is 52.5 Å². The summed E-state index contributed by atoms with van der Waals surface area (Å²) in [6, 6.07) is 12.4. The number of morpholine rings is 1. The number of aldehydes is 1. The summed E-state index contributed by atoms with van der Waals surface area (Å²) in [5.41, 5.74) is 1.99. The number of benzene rings is 2. The molecule has 2 heterocycles. The van der Waals surface area contributed by atoms with E-state index in [2.05, 4.69) is 29.2 Å².